The third kappa shape index (κ3) is 2.77. The van der Waals surface area contributed by atoms with Crippen molar-refractivity contribution < 1.29 is 9.59 Å². The molecule has 3 amide bonds. The highest BCUT2D eigenvalue weighted by Crippen LogP contribution is 2.41. The predicted octanol–water partition coefficient (Wildman–Crippen LogP) is 1.63. The Morgan fingerprint density at radius 2 is 2.23 bits per heavy atom. The first-order chi connectivity index (χ1) is 10.5. The molecule has 2 saturated heterocycles. The Hall–Kier alpha value is -2.11. The van der Waals surface area contributed by atoms with Crippen LogP contribution in [0.25, 0.3) is 0 Å². The zero-order valence-corrected chi connectivity index (χ0v) is 13.1. The van der Waals surface area contributed by atoms with E-state index in [4.69, 9.17) is 0 Å². The molecule has 1 aromatic rings. The number of amides is 3. The van der Waals surface area contributed by atoms with Gasteiger partial charge in [0.15, 0.2) is 0 Å². The number of nitrogens with zero attached hydrogens (tertiary/aromatic N) is 3. The maximum atomic E-state index is 12.4. The Morgan fingerprint density at radius 1 is 1.41 bits per heavy atom. The fourth-order valence-electron chi connectivity index (χ4n) is 3.36. The molecular formula is C16H22N4O2. The molecule has 0 aliphatic carbocycles. The smallest absolute Gasteiger partial charge is 0.317 e. The van der Waals surface area contributed by atoms with Crippen LogP contribution >= 0.6 is 0 Å². The summed E-state index contributed by atoms with van der Waals surface area (Å²) in [4.78, 5) is 32.2. The summed E-state index contributed by atoms with van der Waals surface area (Å²) in [5.74, 6) is 0.124. The summed E-state index contributed by atoms with van der Waals surface area (Å²) in [6.07, 6.45) is 4.80. The fourth-order valence-corrected chi connectivity index (χ4v) is 3.36. The van der Waals surface area contributed by atoms with Crippen molar-refractivity contribution in [2.24, 2.45) is 5.41 Å². The van der Waals surface area contributed by atoms with Crippen LogP contribution in [-0.4, -0.2) is 47.5 Å². The highest BCUT2D eigenvalue weighted by Gasteiger charge is 2.48. The molecule has 0 radical (unpaired) electrons. The van der Waals surface area contributed by atoms with E-state index in [9.17, 15) is 9.59 Å². The topological polar surface area (TPSA) is 65.5 Å². The first-order valence-corrected chi connectivity index (χ1v) is 7.75. The molecule has 2 fully saturated rings. The van der Waals surface area contributed by atoms with Gasteiger partial charge in [0.2, 0.25) is 5.91 Å². The highest BCUT2D eigenvalue weighted by molar-refractivity contribution is 5.96. The molecule has 0 saturated carbocycles. The number of pyridine rings is 1. The van der Waals surface area contributed by atoms with Crippen LogP contribution in [0.2, 0.25) is 0 Å². The largest absolute Gasteiger partial charge is 0.336 e. The van der Waals surface area contributed by atoms with Crippen LogP contribution in [-0.2, 0) is 4.79 Å². The van der Waals surface area contributed by atoms with Crippen molar-refractivity contribution in [2.45, 2.75) is 32.7 Å². The third-order valence-electron chi connectivity index (χ3n) is 4.42. The van der Waals surface area contributed by atoms with Crippen LogP contribution in [0.1, 0.15) is 26.7 Å². The van der Waals surface area contributed by atoms with Crippen molar-refractivity contribution in [2.75, 3.05) is 24.5 Å². The lowest BCUT2D eigenvalue weighted by molar-refractivity contribution is -0.117. The molecule has 0 bridgehead atoms. The number of hydrogen-bond donors (Lipinski definition) is 1. The first-order valence-electron chi connectivity index (χ1n) is 7.75. The van der Waals surface area contributed by atoms with Gasteiger partial charge < -0.3 is 15.1 Å². The Bertz CT molecular complexity index is 575. The Labute approximate surface area is 130 Å². The number of hydrogen-bond acceptors (Lipinski definition) is 3. The van der Waals surface area contributed by atoms with Crippen molar-refractivity contribution >= 4 is 17.6 Å². The minimum absolute atomic E-state index is 0.0286. The van der Waals surface area contributed by atoms with E-state index >= 15 is 0 Å². The van der Waals surface area contributed by atoms with Gasteiger partial charge in [0.25, 0.3) is 0 Å². The summed E-state index contributed by atoms with van der Waals surface area (Å²) < 4.78 is 0. The second kappa shape index (κ2) is 5.59. The van der Waals surface area contributed by atoms with Gasteiger partial charge in [0.1, 0.15) is 0 Å². The molecule has 3 heterocycles. The third-order valence-corrected chi connectivity index (χ3v) is 4.42. The Morgan fingerprint density at radius 3 is 2.91 bits per heavy atom. The lowest BCUT2D eigenvalue weighted by Gasteiger charge is -2.24. The monoisotopic (exact) mass is 302 g/mol. The van der Waals surface area contributed by atoms with Crippen LogP contribution in [0.4, 0.5) is 10.5 Å². The maximum absolute atomic E-state index is 12.4. The van der Waals surface area contributed by atoms with Crippen LogP contribution in [0.3, 0.4) is 0 Å². The van der Waals surface area contributed by atoms with Crippen molar-refractivity contribution in [3.63, 3.8) is 0 Å². The molecule has 0 unspecified atom stereocenters. The van der Waals surface area contributed by atoms with E-state index in [1.807, 2.05) is 30.9 Å². The molecule has 2 aliphatic heterocycles. The number of rotatable bonds is 2. The number of nitrogens with one attached hydrogen (secondary N) is 1. The molecule has 2 aliphatic rings. The molecule has 22 heavy (non-hydrogen) atoms. The van der Waals surface area contributed by atoms with Gasteiger partial charge in [-0.1, -0.05) is 0 Å². The van der Waals surface area contributed by atoms with Crippen LogP contribution in [0, 0.1) is 5.41 Å². The summed E-state index contributed by atoms with van der Waals surface area (Å²) in [5.41, 5.74) is 0.732. The molecule has 118 valence electrons. The second-order valence-corrected chi connectivity index (χ2v) is 6.64. The van der Waals surface area contributed by atoms with Gasteiger partial charge in [0, 0.05) is 43.7 Å². The molecule has 6 nitrogen and oxygen atoms in total. The van der Waals surface area contributed by atoms with Gasteiger partial charge in [-0.05, 0) is 32.4 Å². The minimum Gasteiger partial charge on any atom is -0.336 e. The summed E-state index contributed by atoms with van der Waals surface area (Å²) >= 11 is 0. The summed E-state index contributed by atoms with van der Waals surface area (Å²) in [6.45, 7) is 5.93. The highest BCUT2D eigenvalue weighted by atomic mass is 16.2. The first kappa shape index (κ1) is 14.8. The minimum atomic E-state index is -0.110. The van der Waals surface area contributed by atoms with Crippen LogP contribution in [0.15, 0.2) is 24.5 Å². The molecule has 3 rings (SSSR count). The predicted molar refractivity (Wildman–Crippen MR) is 83.5 cm³/mol. The SMILES string of the molecule is CC(C)NC(=O)N1CC[C@]2(CC(=O)N(c3cccnc3)C2)C1. The van der Waals surface area contributed by atoms with E-state index < -0.39 is 0 Å². The van der Waals surface area contributed by atoms with Crippen LogP contribution < -0.4 is 10.2 Å². The van der Waals surface area contributed by atoms with E-state index in [1.54, 1.807) is 17.3 Å². The lowest BCUT2D eigenvalue weighted by atomic mass is 9.86. The van der Waals surface area contributed by atoms with Gasteiger partial charge in [0.05, 0.1) is 11.9 Å². The average Bonchev–Trinajstić information content (AvgIpc) is 3.03. The zero-order chi connectivity index (χ0) is 15.7. The lowest BCUT2D eigenvalue weighted by Crippen LogP contribution is -2.43. The Balaban J connectivity index is 1.69. The summed E-state index contributed by atoms with van der Waals surface area (Å²) in [5, 5.41) is 2.92. The molecule has 1 aromatic heterocycles. The summed E-state index contributed by atoms with van der Waals surface area (Å²) in [7, 11) is 0. The van der Waals surface area contributed by atoms with E-state index in [1.165, 1.54) is 0 Å². The van der Waals surface area contributed by atoms with Crippen molar-refractivity contribution in [1.29, 1.82) is 0 Å². The quantitative estimate of drug-likeness (QED) is 0.903. The zero-order valence-electron chi connectivity index (χ0n) is 13.1. The van der Waals surface area contributed by atoms with E-state index in [0.29, 0.717) is 26.1 Å². The number of aromatic nitrogens is 1. The normalized spacial score (nSPS) is 24.6. The number of urea groups is 1. The van der Waals surface area contributed by atoms with E-state index in [-0.39, 0.29) is 23.4 Å². The molecule has 1 N–H and O–H groups in total. The number of carbonyl (C=O) groups excluding carboxylic acids is 2. The number of anilines is 1. The summed E-state index contributed by atoms with van der Waals surface area (Å²) in [6, 6.07) is 3.84. The van der Waals surface area contributed by atoms with Gasteiger partial charge >= 0.3 is 6.03 Å². The van der Waals surface area contributed by atoms with Gasteiger partial charge in [-0.3, -0.25) is 9.78 Å². The fraction of sp³-hybridized carbons (Fsp3) is 0.562. The second-order valence-electron chi connectivity index (χ2n) is 6.64. The van der Waals surface area contributed by atoms with Gasteiger partial charge in [-0.25, -0.2) is 4.79 Å². The van der Waals surface area contributed by atoms with Gasteiger partial charge in [-0.15, -0.1) is 0 Å². The maximum Gasteiger partial charge on any atom is 0.317 e. The standard InChI is InChI=1S/C16H22N4O2/c1-12(2)18-15(22)19-7-5-16(10-19)8-14(21)20(11-16)13-4-3-6-17-9-13/h3-4,6,9,12H,5,7-8,10-11H2,1-2H3,(H,18,22)/t16-/m0/s1. The molecule has 1 spiro atoms. The molecule has 0 aromatic carbocycles. The van der Waals surface area contributed by atoms with Crippen LogP contribution in [0.5, 0.6) is 0 Å². The number of likely N-dealkylation sites (tertiary alicyclic amines) is 1. The molecule has 1 atom stereocenters. The number of carbonyl (C=O) groups is 2. The van der Waals surface area contributed by atoms with E-state index in [2.05, 4.69) is 10.3 Å². The molecular weight excluding hydrogens is 280 g/mol. The van der Waals surface area contributed by atoms with Crippen molar-refractivity contribution in [3.8, 4) is 0 Å². The van der Waals surface area contributed by atoms with E-state index in [0.717, 1.165) is 12.1 Å². The Kier molecular flexibility index (Phi) is 3.76. The van der Waals surface area contributed by atoms with Crippen molar-refractivity contribution in [3.05, 3.63) is 24.5 Å². The van der Waals surface area contributed by atoms with Crippen molar-refractivity contribution in [1.82, 2.24) is 15.2 Å². The molecule has 6 heteroatoms. The average molecular weight is 302 g/mol. The van der Waals surface area contributed by atoms with Gasteiger partial charge in [-0.2, -0.15) is 0 Å².